The van der Waals surface area contributed by atoms with Crippen LogP contribution in [0.4, 0.5) is 0 Å². The molecule has 72 valence electrons. The molecule has 0 radical (unpaired) electrons. The van der Waals surface area contributed by atoms with E-state index in [4.69, 9.17) is 4.42 Å². The maximum atomic E-state index is 9.96. The molecule has 0 aromatic carbocycles. The largest absolute Gasteiger partial charge is 0.472 e. The first-order chi connectivity index (χ1) is 6.79. The second kappa shape index (κ2) is 3.64. The molecule has 3 heteroatoms. The van der Waals surface area contributed by atoms with Crippen LogP contribution in [0.15, 0.2) is 41.5 Å². The first kappa shape index (κ1) is 8.97. The highest BCUT2D eigenvalue weighted by Crippen LogP contribution is 2.23. The van der Waals surface area contributed by atoms with E-state index in [0.717, 1.165) is 16.7 Å². The van der Waals surface area contributed by atoms with Crippen LogP contribution in [0, 0.1) is 6.92 Å². The summed E-state index contributed by atoms with van der Waals surface area (Å²) in [5, 5.41) is 9.96. The van der Waals surface area contributed by atoms with Crippen LogP contribution in [0.5, 0.6) is 0 Å². The lowest BCUT2D eigenvalue weighted by atomic mass is 10.0. The van der Waals surface area contributed by atoms with Gasteiger partial charge in [-0.15, -0.1) is 0 Å². The van der Waals surface area contributed by atoms with Gasteiger partial charge in [0.1, 0.15) is 6.10 Å². The number of aliphatic hydroxyl groups is 1. The van der Waals surface area contributed by atoms with Gasteiger partial charge >= 0.3 is 0 Å². The fraction of sp³-hybridized carbons (Fsp3) is 0.182. The van der Waals surface area contributed by atoms with Crippen molar-refractivity contribution in [1.82, 2.24) is 4.98 Å². The summed E-state index contributed by atoms with van der Waals surface area (Å²) in [6, 6.07) is 3.62. The van der Waals surface area contributed by atoms with Gasteiger partial charge in [0.2, 0.25) is 0 Å². The van der Waals surface area contributed by atoms with Crippen LogP contribution in [0.2, 0.25) is 0 Å². The minimum absolute atomic E-state index is 0.651. The average Bonchev–Trinajstić information content (AvgIpc) is 2.70. The SMILES string of the molecule is Cc1ccncc1C(O)c1ccoc1. The van der Waals surface area contributed by atoms with Crippen molar-refractivity contribution >= 4 is 0 Å². The number of hydrogen-bond donors (Lipinski definition) is 1. The summed E-state index contributed by atoms with van der Waals surface area (Å²) >= 11 is 0. The Hall–Kier alpha value is -1.61. The molecule has 0 aliphatic rings. The van der Waals surface area contributed by atoms with Gasteiger partial charge < -0.3 is 9.52 Å². The predicted octanol–water partition coefficient (Wildman–Crippen LogP) is 2.06. The molecular formula is C11H11NO2. The lowest BCUT2D eigenvalue weighted by molar-refractivity contribution is 0.218. The summed E-state index contributed by atoms with van der Waals surface area (Å²) in [6.45, 7) is 1.94. The van der Waals surface area contributed by atoms with Crippen molar-refractivity contribution < 1.29 is 9.52 Å². The van der Waals surface area contributed by atoms with Crippen LogP contribution < -0.4 is 0 Å². The number of hydrogen-bond acceptors (Lipinski definition) is 3. The number of aliphatic hydroxyl groups excluding tert-OH is 1. The average molecular weight is 189 g/mol. The molecule has 14 heavy (non-hydrogen) atoms. The van der Waals surface area contributed by atoms with Gasteiger partial charge in [-0.05, 0) is 24.6 Å². The zero-order valence-electron chi connectivity index (χ0n) is 7.84. The van der Waals surface area contributed by atoms with Crippen LogP contribution in [-0.4, -0.2) is 10.1 Å². The molecule has 0 fully saturated rings. The van der Waals surface area contributed by atoms with Crippen molar-refractivity contribution in [2.45, 2.75) is 13.0 Å². The molecule has 0 bridgehead atoms. The Bertz CT molecular complexity index is 409. The molecule has 0 aliphatic carbocycles. The molecule has 0 saturated heterocycles. The number of pyridine rings is 1. The molecule has 0 aliphatic heterocycles. The van der Waals surface area contributed by atoms with E-state index in [9.17, 15) is 5.11 Å². The Balaban J connectivity index is 2.37. The molecule has 1 atom stereocenters. The number of rotatable bonds is 2. The fourth-order valence-corrected chi connectivity index (χ4v) is 1.37. The lowest BCUT2D eigenvalue weighted by Gasteiger charge is -2.10. The molecule has 2 rings (SSSR count). The van der Waals surface area contributed by atoms with E-state index in [-0.39, 0.29) is 0 Å². The topological polar surface area (TPSA) is 46.3 Å². The third-order valence-corrected chi connectivity index (χ3v) is 2.23. The minimum Gasteiger partial charge on any atom is -0.472 e. The standard InChI is InChI=1S/C11H11NO2/c1-8-2-4-12-6-10(8)11(13)9-3-5-14-7-9/h2-7,11,13H,1H3. The first-order valence-electron chi connectivity index (χ1n) is 4.39. The van der Waals surface area contributed by atoms with Gasteiger partial charge in [-0.2, -0.15) is 0 Å². The number of aryl methyl sites for hydroxylation is 1. The van der Waals surface area contributed by atoms with Crippen molar-refractivity contribution in [3.63, 3.8) is 0 Å². The Morgan fingerprint density at radius 2 is 2.29 bits per heavy atom. The Kier molecular flexibility index (Phi) is 2.33. The summed E-state index contributed by atoms with van der Waals surface area (Å²) in [6.07, 6.45) is 5.82. The smallest absolute Gasteiger partial charge is 0.109 e. The van der Waals surface area contributed by atoms with Crippen molar-refractivity contribution in [2.75, 3.05) is 0 Å². The van der Waals surface area contributed by atoms with E-state index in [2.05, 4.69) is 4.98 Å². The van der Waals surface area contributed by atoms with Gasteiger partial charge in [0, 0.05) is 23.5 Å². The summed E-state index contributed by atoms with van der Waals surface area (Å²) in [5.74, 6) is 0. The van der Waals surface area contributed by atoms with Gasteiger partial charge in [0.15, 0.2) is 0 Å². The van der Waals surface area contributed by atoms with Gasteiger partial charge in [0.05, 0.1) is 12.5 Å². The van der Waals surface area contributed by atoms with Crippen molar-refractivity contribution in [3.05, 3.63) is 53.7 Å². The summed E-state index contributed by atoms with van der Waals surface area (Å²) in [5.41, 5.74) is 2.59. The highest BCUT2D eigenvalue weighted by Gasteiger charge is 2.13. The van der Waals surface area contributed by atoms with Crippen LogP contribution in [0.3, 0.4) is 0 Å². The van der Waals surface area contributed by atoms with E-state index in [1.54, 1.807) is 24.7 Å². The second-order valence-electron chi connectivity index (χ2n) is 3.19. The third-order valence-electron chi connectivity index (χ3n) is 2.23. The first-order valence-corrected chi connectivity index (χ1v) is 4.39. The maximum absolute atomic E-state index is 9.96. The lowest BCUT2D eigenvalue weighted by Crippen LogP contribution is -2.00. The van der Waals surface area contributed by atoms with E-state index in [0.29, 0.717) is 0 Å². The summed E-state index contributed by atoms with van der Waals surface area (Å²) in [7, 11) is 0. The monoisotopic (exact) mass is 189 g/mol. The predicted molar refractivity (Wildman–Crippen MR) is 51.7 cm³/mol. The Labute approximate surface area is 82.0 Å². The second-order valence-corrected chi connectivity index (χ2v) is 3.19. The van der Waals surface area contributed by atoms with Crippen LogP contribution in [0.1, 0.15) is 22.8 Å². The van der Waals surface area contributed by atoms with Crippen molar-refractivity contribution in [1.29, 1.82) is 0 Å². The van der Waals surface area contributed by atoms with Crippen molar-refractivity contribution in [2.24, 2.45) is 0 Å². The molecule has 2 heterocycles. The summed E-state index contributed by atoms with van der Waals surface area (Å²) in [4.78, 5) is 3.99. The fourth-order valence-electron chi connectivity index (χ4n) is 1.37. The van der Waals surface area contributed by atoms with Crippen molar-refractivity contribution in [3.8, 4) is 0 Å². The molecule has 1 unspecified atom stereocenters. The number of aromatic nitrogens is 1. The van der Waals surface area contributed by atoms with Crippen LogP contribution in [-0.2, 0) is 0 Å². The molecular weight excluding hydrogens is 178 g/mol. The van der Waals surface area contributed by atoms with E-state index in [1.165, 1.54) is 6.26 Å². The van der Waals surface area contributed by atoms with Crippen LogP contribution in [0.25, 0.3) is 0 Å². The molecule has 3 nitrogen and oxygen atoms in total. The highest BCUT2D eigenvalue weighted by molar-refractivity contribution is 5.30. The van der Waals surface area contributed by atoms with Gasteiger partial charge in [-0.1, -0.05) is 0 Å². The number of nitrogens with zero attached hydrogens (tertiary/aromatic N) is 1. The zero-order valence-corrected chi connectivity index (χ0v) is 7.84. The maximum Gasteiger partial charge on any atom is 0.109 e. The van der Waals surface area contributed by atoms with E-state index >= 15 is 0 Å². The molecule has 1 N–H and O–H groups in total. The normalized spacial score (nSPS) is 12.7. The van der Waals surface area contributed by atoms with Gasteiger partial charge in [0.25, 0.3) is 0 Å². The molecule has 0 saturated carbocycles. The Morgan fingerprint density at radius 3 is 2.93 bits per heavy atom. The number of furan rings is 1. The van der Waals surface area contributed by atoms with E-state index < -0.39 is 6.10 Å². The molecule has 2 aromatic heterocycles. The third kappa shape index (κ3) is 1.54. The molecule has 2 aromatic rings. The summed E-state index contributed by atoms with van der Waals surface area (Å²) < 4.78 is 4.92. The van der Waals surface area contributed by atoms with Gasteiger partial charge in [-0.3, -0.25) is 4.98 Å². The van der Waals surface area contributed by atoms with E-state index in [1.807, 2.05) is 13.0 Å². The Morgan fingerprint density at radius 1 is 1.43 bits per heavy atom. The highest BCUT2D eigenvalue weighted by atomic mass is 16.3. The quantitative estimate of drug-likeness (QED) is 0.786. The zero-order chi connectivity index (χ0) is 9.97. The minimum atomic E-state index is -0.651. The molecule has 0 spiro atoms. The van der Waals surface area contributed by atoms with Gasteiger partial charge in [-0.25, -0.2) is 0 Å². The molecule has 0 amide bonds. The van der Waals surface area contributed by atoms with Crippen LogP contribution >= 0.6 is 0 Å².